The van der Waals surface area contributed by atoms with Gasteiger partial charge in [-0.25, -0.2) is 4.98 Å². The van der Waals surface area contributed by atoms with Gasteiger partial charge in [0, 0.05) is 34.7 Å². The maximum atomic E-state index is 12.0. The van der Waals surface area contributed by atoms with Gasteiger partial charge in [-0.3, -0.25) is 4.79 Å². The molecule has 8 heteroatoms. The molecule has 0 saturated carbocycles. The summed E-state index contributed by atoms with van der Waals surface area (Å²) in [5.41, 5.74) is 0.545. The Morgan fingerprint density at radius 3 is 2.62 bits per heavy atom. The smallest absolute Gasteiger partial charge is 0.258 e. The zero-order valence-electron chi connectivity index (χ0n) is 15.4. The van der Waals surface area contributed by atoms with Crippen LogP contribution in [-0.2, 0) is 11.3 Å². The summed E-state index contributed by atoms with van der Waals surface area (Å²) in [4.78, 5) is 16.1. The van der Waals surface area contributed by atoms with E-state index in [9.17, 15) is 4.79 Å². The third-order valence-corrected chi connectivity index (χ3v) is 4.23. The van der Waals surface area contributed by atoms with Crippen molar-refractivity contribution in [3.63, 3.8) is 0 Å². The Kier molecular flexibility index (Phi) is 7.11. The van der Waals surface area contributed by atoms with E-state index in [1.54, 1.807) is 12.3 Å². The molecule has 0 radical (unpaired) electrons. The lowest BCUT2D eigenvalue weighted by molar-refractivity contribution is -0.124. The molecule has 0 bridgehead atoms. The van der Waals surface area contributed by atoms with Gasteiger partial charge in [-0.2, -0.15) is 0 Å². The minimum absolute atomic E-state index is 0.107. The van der Waals surface area contributed by atoms with Gasteiger partial charge in [0.2, 0.25) is 0 Å². The molecular weight excluding hydrogens is 374 g/mol. The summed E-state index contributed by atoms with van der Waals surface area (Å²) < 4.78 is 11.3. The highest BCUT2D eigenvalue weighted by molar-refractivity contribution is 7.13. The molecule has 142 valence electrons. The molecule has 0 unspecified atom stereocenters. The number of nitrogens with one attached hydrogen (secondary N) is 2. The van der Waals surface area contributed by atoms with Crippen molar-refractivity contribution in [2.24, 2.45) is 0 Å². The molecule has 1 aromatic heterocycles. The summed E-state index contributed by atoms with van der Waals surface area (Å²) in [7, 11) is 0. The average Bonchev–Trinajstić information content (AvgIpc) is 3.05. The summed E-state index contributed by atoms with van der Waals surface area (Å²) in [6, 6.07) is 3.50. The van der Waals surface area contributed by atoms with Crippen molar-refractivity contribution in [1.29, 1.82) is 0 Å². The van der Waals surface area contributed by atoms with Crippen molar-refractivity contribution in [2.75, 3.05) is 18.5 Å². The number of benzene rings is 1. The van der Waals surface area contributed by atoms with Crippen molar-refractivity contribution >= 4 is 34.0 Å². The Morgan fingerprint density at radius 1 is 1.27 bits per heavy atom. The minimum Gasteiger partial charge on any atom is -0.490 e. The maximum Gasteiger partial charge on any atom is 0.258 e. The van der Waals surface area contributed by atoms with Crippen LogP contribution < -0.4 is 20.1 Å². The number of nitrogens with zero attached hydrogens (tertiary/aromatic N) is 1. The monoisotopic (exact) mass is 397 g/mol. The molecule has 2 N–H and O–H groups in total. The van der Waals surface area contributed by atoms with Crippen LogP contribution in [0.25, 0.3) is 0 Å². The zero-order chi connectivity index (χ0) is 19.2. The Bertz CT molecular complexity index is 730. The van der Waals surface area contributed by atoms with Crippen molar-refractivity contribution < 1.29 is 14.3 Å². The van der Waals surface area contributed by atoms with E-state index in [0.717, 1.165) is 10.7 Å². The Morgan fingerprint density at radius 2 is 2.00 bits per heavy atom. The Hall–Kier alpha value is -1.99. The molecule has 26 heavy (non-hydrogen) atoms. The molecule has 0 saturated heterocycles. The normalized spacial score (nSPS) is 11.1. The molecule has 0 aliphatic rings. The highest BCUT2D eigenvalue weighted by atomic mass is 35.5. The van der Waals surface area contributed by atoms with E-state index in [2.05, 4.69) is 15.6 Å². The first kappa shape index (κ1) is 20.3. The fourth-order valence-electron chi connectivity index (χ4n) is 2.17. The fourth-order valence-corrected chi connectivity index (χ4v) is 2.92. The number of hydrogen-bond acceptors (Lipinski definition) is 6. The molecule has 0 atom stereocenters. The molecule has 0 aliphatic heterocycles. The third kappa shape index (κ3) is 6.38. The number of carbonyl (C=O) groups excluding carboxylic acids is 1. The lowest BCUT2D eigenvalue weighted by Gasteiger charge is -2.21. The fraction of sp³-hybridized carbons (Fsp3) is 0.444. The number of carbonyl (C=O) groups is 1. The lowest BCUT2D eigenvalue weighted by atomic mass is 10.1. The summed E-state index contributed by atoms with van der Waals surface area (Å²) in [5, 5.41) is 9.31. The van der Waals surface area contributed by atoms with Gasteiger partial charge in [0.1, 0.15) is 0 Å². The summed E-state index contributed by atoms with van der Waals surface area (Å²) >= 11 is 7.89. The van der Waals surface area contributed by atoms with Gasteiger partial charge in [0.05, 0.1) is 6.61 Å². The topological polar surface area (TPSA) is 72.5 Å². The second-order valence-electron chi connectivity index (χ2n) is 6.60. The summed E-state index contributed by atoms with van der Waals surface area (Å²) in [5.74, 6) is 0.792. The number of amides is 1. The van der Waals surface area contributed by atoms with Gasteiger partial charge in [0.25, 0.3) is 5.91 Å². The van der Waals surface area contributed by atoms with Crippen molar-refractivity contribution in [3.05, 3.63) is 34.3 Å². The largest absolute Gasteiger partial charge is 0.490 e. The Balaban J connectivity index is 2.08. The van der Waals surface area contributed by atoms with Crippen molar-refractivity contribution in [1.82, 2.24) is 10.3 Å². The molecule has 0 aliphatic carbocycles. The number of rotatable bonds is 8. The molecule has 1 amide bonds. The quantitative estimate of drug-likeness (QED) is 0.701. The first-order valence-corrected chi connectivity index (χ1v) is 9.56. The highest BCUT2D eigenvalue weighted by Crippen LogP contribution is 2.34. The second kappa shape index (κ2) is 9.09. The van der Waals surface area contributed by atoms with Gasteiger partial charge in [-0.1, -0.05) is 11.6 Å². The molecule has 0 fully saturated rings. The van der Waals surface area contributed by atoms with Gasteiger partial charge in [-0.05, 0) is 39.3 Å². The van der Waals surface area contributed by atoms with E-state index in [1.165, 1.54) is 11.3 Å². The number of ether oxygens (including phenoxy) is 2. The maximum absolute atomic E-state index is 12.0. The van der Waals surface area contributed by atoms with E-state index in [-0.39, 0.29) is 18.1 Å². The zero-order valence-corrected chi connectivity index (χ0v) is 17.0. The van der Waals surface area contributed by atoms with E-state index in [1.807, 2.05) is 39.1 Å². The van der Waals surface area contributed by atoms with Gasteiger partial charge < -0.3 is 20.1 Å². The van der Waals surface area contributed by atoms with Gasteiger partial charge in [-0.15, -0.1) is 11.3 Å². The molecule has 1 aromatic carbocycles. The number of halogens is 1. The van der Waals surface area contributed by atoms with E-state index in [4.69, 9.17) is 21.1 Å². The molecule has 2 rings (SSSR count). The van der Waals surface area contributed by atoms with Crippen molar-refractivity contribution in [3.8, 4) is 11.5 Å². The number of anilines is 1. The minimum atomic E-state index is -0.313. The standard InChI is InChI=1S/C18H24ClN3O3S/c1-5-24-14-8-12(10-21-17-20-6-7-26-17)13(19)9-15(14)25-11-16(23)22-18(2,3)4/h6-9H,5,10-11H2,1-4H3,(H,20,21)(H,22,23). The first-order chi connectivity index (χ1) is 12.3. The lowest BCUT2D eigenvalue weighted by Crippen LogP contribution is -2.43. The van der Waals surface area contributed by atoms with E-state index >= 15 is 0 Å². The highest BCUT2D eigenvalue weighted by Gasteiger charge is 2.16. The van der Waals surface area contributed by atoms with Gasteiger partial charge in [0.15, 0.2) is 23.2 Å². The SMILES string of the molecule is CCOc1cc(CNc2nccs2)c(Cl)cc1OCC(=O)NC(C)(C)C. The van der Waals surface area contributed by atoms with Gasteiger partial charge >= 0.3 is 0 Å². The molecule has 6 nitrogen and oxygen atoms in total. The van der Waals surface area contributed by atoms with Crippen LogP contribution in [0, 0.1) is 0 Å². The van der Waals surface area contributed by atoms with Crippen LogP contribution >= 0.6 is 22.9 Å². The molecular formula is C18H24ClN3O3S. The van der Waals surface area contributed by atoms with Crippen LogP contribution in [0.5, 0.6) is 11.5 Å². The molecule has 0 spiro atoms. The molecule has 1 heterocycles. The third-order valence-electron chi connectivity index (χ3n) is 3.15. The van der Waals surface area contributed by atoms with Crippen molar-refractivity contribution in [2.45, 2.75) is 39.8 Å². The Labute approximate surface area is 162 Å². The van der Waals surface area contributed by atoms with E-state index in [0.29, 0.717) is 29.7 Å². The summed E-state index contributed by atoms with van der Waals surface area (Å²) in [6.45, 7) is 8.51. The average molecular weight is 398 g/mol. The second-order valence-corrected chi connectivity index (χ2v) is 7.90. The van der Waals surface area contributed by atoms with Crippen LogP contribution in [0.2, 0.25) is 5.02 Å². The van der Waals surface area contributed by atoms with Crippen LogP contribution in [0.1, 0.15) is 33.3 Å². The number of thiazole rings is 1. The van der Waals surface area contributed by atoms with Crippen LogP contribution in [0.15, 0.2) is 23.7 Å². The molecule has 2 aromatic rings. The van der Waals surface area contributed by atoms with Crippen LogP contribution in [0.3, 0.4) is 0 Å². The number of aromatic nitrogens is 1. The van der Waals surface area contributed by atoms with Crippen LogP contribution in [-0.4, -0.2) is 29.6 Å². The first-order valence-electron chi connectivity index (χ1n) is 8.31. The summed E-state index contributed by atoms with van der Waals surface area (Å²) in [6.07, 6.45) is 1.74. The number of hydrogen-bond donors (Lipinski definition) is 2. The van der Waals surface area contributed by atoms with Crippen LogP contribution in [0.4, 0.5) is 5.13 Å². The van der Waals surface area contributed by atoms with E-state index < -0.39 is 0 Å². The predicted molar refractivity (Wildman–Crippen MR) is 105 cm³/mol. The predicted octanol–water partition coefficient (Wildman–Crippen LogP) is 4.10.